The molecule has 0 aromatic rings. The topological polar surface area (TPSA) is 75.7 Å². The van der Waals surface area contributed by atoms with Crippen molar-refractivity contribution < 1.29 is 19.2 Å². The zero-order chi connectivity index (χ0) is 12.3. The van der Waals surface area contributed by atoms with Crippen molar-refractivity contribution in [2.24, 2.45) is 0 Å². The molecule has 17 heavy (non-hydrogen) atoms. The maximum Gasteiger partial charge on any atom is 0.436 e. The van der Waals surface area contributed by atoms with Crippen LogP contribution in [0.15, 0.2) is 23.9 Å². The monoisotopic (exact) mass is 236 g/mol. The first-order chi connectivity index (χ1) is 8.16. The van der Waals surface area contributed by atoms with Gasteiger partial charge in [0.2, 0.25) is 0 Å². The van der Waals surface area contributed by atoms with Crippen LogP contribution in [0.3, 0.4) is 0 Å². The zero-order valence-corrected chi connectivity index (χ0v) is 9.14. The molecule has 0 spiro atoms. The van der Waals surface area contributed by atoms with Crippen LogP contribution in [0.4, 0.5) is 4.79 Å². The van der Waals surface area contributed by atoms with Gasteiger partial charge in [0, 0.05) is 18.5 Å². The molecular formula is C11H12N2O4. The SMILES string of the molecule is O=C(NC1=CCCC=C1)ON1C(=O)CCC1=O. The summed E-state index contributed by atoms with van der Waals surface area (Å²) >= 11 is 0. The van der Waals surface area contributed by atoms with Gasteiger partial charge < -0.3 is 4.84 Å². The predicted octanol–water partition coefficient (Wildman–Crippen LogP) is 1.01. The molecule has 6 nitrogen and oxygen atoms in total. The summed E-state index contributed by atoms with van der Waals surface area (Å²) in [6.07, 6.45) is 6.64. The van der Waals surface area contributed by atoms with Crippen molar-refractivity contribution in [1.29, 1.82) is 0 Å². The number of amides is 3. The van der Waals surface area contributed by atoms with Crippen LogP contribution in [0.2, 0.25) is 0 Å². The normalized spacial score (nSPS) is 19.3. The summed E-state index contributed by atoms with van der Waals surface area (Å²) in [7, 11) is 0. The Hall–Kier alpha value is -2.11. The second kappa shape index (κ2) is 4.82. The lowest BCUT2D eigenvalue weighted by Gasteiger charge is -2.14. The molecule has 0 radical (unpaired) electrons. The van der Waals surface area contributed by atoms with E-state index in [4.69, 9.17) is 0 Å². The van der Waals surface area contributed by atoms with Gasteiger partial charge in [-0.15, -0.1) is 5.06 Å². The Labute approximate surface area is 97.9 Å². The Bertz CT molecular complexity index is 409. The minimum atomic E-state index is -0.827. The molecule has 0 aromatic carbocycles. The number of allylic oxidation sites excluding steroid dienone is 3. The molecule has 1 saturated heterocycles. The average molecular weight is 236 g/mol. The van der Waals surface area contributed by atoms with Crippen molar-refractivity contribution in [3.63, 3.8) is 0 Å². The van der Waals surface area contributed by atoms with Crippen LogP contribution in [0.5, 0.6) is 0 Å². The largest absolute Gasteiger partial charge is 0.436 e. The lowest BCUT2D eigenvalue weighted by molar-refractivity contribution is -0.171. The first-order valence-corrected chi connectivity index (χ1v) is 5.38. The molecule has 1 N–H and O–H groups in total. The van der Waals surface area contributed by atoms with E-state index in [2.05, 4.69) is 10.2 Å². The lowest BCUT2D eigenvalue weighted by atomic mass is 10.1. The fraction of sp³-hybridized carbons (Fsp3) is 0.364. The Morgan fingerprint density at radius 3 is 2.53 bits per heavy atom. The maximum absolute atomic E-state index is 11.4. The lowest BCUT2D eigenvalue weighted by Crippen LogP contribution is -2.36. The summed E-state index contributed by atoms with van der Waals surface area (Å²) in [4.78, 5) is 38.4. The van der Waals surface area contributed by atoms with E-state index in [0.29, 0.717) is 10.8 Å². The fourth-order valence-electron chi connectivity index (χ4n) is 1.59. The summed E-state index contributed by atoms with van der Waals surface area (Å²) in [5.74, 6) is -0.975. The van der Waals surface area contributed by atoms with Crippen LogP contribution in [-0.2, 0) is 14.4 Å². The molecule has 1 heterocycles. The Morgan fingerprint density at radius 1 is 1.24 bits per heavy atom. The van der Waals surface area contributed by atoms with Crippen molar-refractivity contribution in [2.75, 3.05) is 0 Å². The summed E-state index contributed by atoms with van der Waals surface area (Å²) in [5.41, 5.74) is 0.611. The number of carbonyl (C=O) groups is 3. The molecule has 0 aromatic heterocycles. The molecule has 90 valence electrons. The van der Waals surface area contributed by atoms with E-state index < -0.39 is 17.9 Å². The van der Waals surface area contributed by atoms with E-state index >= 15 is 0 Å². The van der Waals surface area contributed by atoms with Crippen LogP contribution in [-0.4, -0.2) is 23.0 Å². The summed E-state index contributed by atoms with van der Waals surface area (Å²) in [5, 5.41) is 2.97. The summed E-state index contributed by atoms with van der Waals surface area (Å²) in [6.45, 7) is 0. The van der Waals surface area contributed by atoms with Crippen molar-refractivity contribution in [3.8, 4) is 0 Å². The van der Waals surface area contributed by atoms with Gasteiger partial charge in [-0.3, -0.25) is 14.9 Å². The predicted molar refractivity (Wildman–Crippen MR) is 57.2 cm³/mol. The highest BCUT2D eigenvalue weighted by atomic mass is 16.7. The van der Waals surface area contributed by atoms with Gasteiger partial charge in [-0.2, -0.15) is 0 Å². The van der Waals surface area contributed by atoms with Gasteiger partial charge in [-0.05, 0) is 18.9 Å². The second-order valence-corrected chi connectivity index (χ2v) is 3.72. The Balaban J connectivity index is 1.89. The standard InChI is InChI=1S/C11H12N2O4/c14-9-6-7-10(15)13(9)17-11(16)12-8-4-2-1-3-5-8/h2,4-5H,1,3,6-7H2,(H,12,16). The smallest absolute Gasteiger partial charge is 0.311 e. The second-order valence-electron chi connectivity index (χ2n) is 3.72. The zero-order valence-electron chi connectivity index (χ0n) is 9.14. The molecule has 0 saturated carbocycles. The van der Waals surface area contributed by atoms with Crippen LogP contribution < -0.4 is 5.32 Å². The molecule has 6 heteroatoms. The third kappa shape index (κ3) is 2.72. The molecule has 1 fully saturated rings. The van der Waals surface area contributed by atoms with Gasteiger partial charge in [-0.25, -0.2) is 4.79 Å². The summed E-state index contributed by atoms with van der Waals surface area (Å²) in [6, 6.07) is 0. The minimum absolute atomic E-state index is 0.0920. The van der Waals surface area contributed by atoms with Gasteiger partial charge in [0.1, 0.15) is 0 Å². The van der Waals surface area contributed by atoms with Crippen LogP contribution in [0.25, 0.3) is 0 Å². The van der Waals surface area contributed by atoms with Crippen LogP contribution in [0.1, 0.15) is 25.7 Å². The van der Waals surface area contributed by atoms with Crippen molar-refractivity contribution in [2.45, 2.75) is 25.7 Å². The van der Waals surface area contributed by atoms with E-state index in [1.165, 1.54) is 0 Å². The number of rotatable bonds is 2. The molecule has 3 amide bonds. The van der Waals surface area contributed by atoms with Gasteiger partial charge in [0.15, 0.2) is 0 Å². The van der Waals surface area contributed by atoms with Gasteiger partial charge in [0.25, 0.3) is 11.8 Å². The average Bonchev–Trinajstić information content (AvgIpc) is 2.62. The minimum Gasteiger partial charge on any atom is -0.311 e. The Kier molecular flexibility index (Phi) is 3.22. The number of hydrogen-bond acceptors (Lipinski definition) is 4. The van der Waals surface area contributed by atoms with Crippen molar-refractivity contribution in [1.82, 2.24) is 10.4 Å². The van der Waals surface area contributed by atoms with Gasteiger partial charge in [0.05, 0.1) is 0 Å². The summed E-state index contributed by atoms with van der Waals surface area (Å²) < 4.78 is 0. The maximum atomic E-state index is 11.4. The third-order valence-electron chi connectivity index (χ3n) is 2.42. The molecule has 0 bridgehead atoms. The number of nitrogens with one attached hydrogen (secondary N) is 1. The van der Waals surface area contributed by atoms with Gasteiger partial charge >= 0.3 is 6.09 Å². The molecule has 2 rings (SSSR count). The van der Waals surface area contributed by atoms with E-state index in [1.54, 1.807) is 6.08 Å². The van der Waals surface area contributed by atoms with Gasteiger partial charge in [-0.1, -0.05) is 12.2 Å². The molecule has 2 aliphatic rings. The van der Waals surface area contributed by atoms with Crippen molar-refractivity contribution in [3.05, 3.63) is 23.9 Å². The highest BCUT2D eigenvalue weighted by molar-refractivity contribution is 6.01. The van der Waals surface area contributed by atoms with E-state index in [-0.39, 0.29) is 12.8 Å². The highest BCUT2D eigenvalue weighted by Crippen LogP contribution is 2.12. The molecule has 1 aliphatic heterocycles. The highest BCUT2D eigenvalue weighted by Gasteiger charge is 2.32. The van der Waals surface area contributed by atoms with Crippen molar-refractivity contribution >= 4 is 17.9 Å². The van der Waals surface area contributed by atoms with E-state index in [0.717, 1.165) is 12.8 Å². The van der Waals surface area contributed by atoms with Crippen LogP contribution >= 0.6 is 0 Å². The quantitative estimate of drug-likeness (QED) is 0.726. The van der Waals surface area contributed by atoms with E-state index in [9.17, 15) is 14.4 Å². The number of carbonyl (C=O) groups excluding carboxylic acids is 3. The molecular weight excluding hydrogens is 224 g/mol. The van der Waals surface area contributed by atoms with E-state index in [1.807, 2.05) is 12.2 Å². The number of nitrogens with zero attached hydrogens (tertiary/aromatic N) is 1. The van der Waals surface area contributed by atoms with Crippen LogP contribution in [0, 0.1) is 0 Å². The Morgan fingerprint density at radius 2 is 1.94 bits per heavy atom. The molecule has 0 atom stereocenters. The number of hydroxylamine groups is 2. The molecule has 0 unspecified atom stereocenters. The third-order valence-corrected chi connectivity index (χ3v) is 2.42. The fourth-order valence-corrected chi connectivity index (χ4v) is 1.59. The number of hydrogen-bond donors (Lipinski definition) is 1. The first kappa shape index (κ1) is 11.4. The first-order valence-electron chi connectivity index (χ1n) is 5.38. The number of imide groups is 1. The molecule has 1 aliphatic carbocycles.